The van der Waals surface area contributed by atoms with Crippen LogP contribution in [0.1, 0.15) is 35.7 Å². The molecule has 182 valence electrons. The van der Waals surface area contributed by atoms with Gasteiger partial charge in [-0.3, -0.25) is 14.9 Å². The van der Waals surface area contributed by atoms with Crippen molar-refractivity contribution < 1.29 is 18.3 Å². The number of benzene rings is 3. The van der Waals surface area contributed by atoms with E-state index in [-0.39, 0.29) is 23.7 Å². The molecule has 4 aromatic carbocycles. The fraction of sp³-hybridized carbons (Fsp3) is 0.120. The maximum atomic E-state index is 13.8. The summed E-state index contributed by atoms with van der Waals surface area (Å²) in [6.07, 6.45) is 0. The van der Waals surface area contributed by atoms with Crippen LogP contribution in [0.4, 0.5) is 24.5 Å². The maximum absolute atomic E-state index is 13.8. The van der Waals surface area contributed by atoms with Gasteiger partial charge in [0.15, 0.2) is 23.2 Å². The van der Waals surface area contributed by atoms with Crippen LogP contribution in [0.25, 0.3) is 0 Å². The zero-order valence-corrected chi connectivity index (χ0v) is 19.7. The van der Waals surface area contributed by atoms with E-state index in [1.807, 2.05) is 0 Å². The number of hydrogen-bond acceptors (Lipinski definition) is 5. The molecule has 0 fully saturated rings. The van der Waals surface area contributed by atoms with Crippen molar-refractivity contribution in [2.45, 2.75) is 19.0 Å². The summed E-state index contributed by atoms with van der Waals surface area (Å²) in [6, 6.07) is 14.5. The zero-order chi connectivity index (χ0) is 24.6. The summed E-state index contributed by atoms with van der Waals surface area (Å²) in [4.78, 5) is 23.0. The normalized spacial score (nSPS) is 12.7. The summed E-state index contributed by atoms with van der Waals surface area (Å²) >= 11 is 6.02. The number of aromatic hydroxyl groups is 1. The monoisotopic (exact) mass is 522 g/mol. The first-order valence-electron chi connectivity index (χ1n) is 10.2. The third-order valence-corrected chi connectivity index (χ3v) is 5.75. The number of rotatable bonds is 7. The van der Waals surface area contributed by atoms with Gasteiger partial charge in [-0.25, -0.2) is 13.2 Å². The Morgan fingerprint density at radius 3 is 2.09 bits per heavy atom. The SMILES string of the molecule is C[C@@H](NC(c1ccc(Cl)cc1)c1cccc(Nc2c(O)c(=O)c2=O)c1)c1cc(F)c(F)c(F)c1.Cl. The van der Waals surface area contributed by atoms with Crippen LogP contribution in [-0.2, 0) is 0 Å². The second-order valence-electron chi connectivity index (χ2n) is 7.80. The van der Waals surface area contributed by atoms with Gasteiger partial charge >= 0.3 is 0 Å². The molecule has 0 bridgehead atoms. The summed E-state index contributed by atoms with van der Waals surface area (Å²) < 4.78 is 41.0. The third-order valence-electron chi connectivity index (χ3n) is 5.50. The molecule has 0 heterocycles. The lowest BCUT2D eigenvalue weighted by Crippen LogP contribution is -2.32. The first kappa shape index (κ1) is 26.3. The highest BCUT2D eigenvalue weighted by Gasteiger charge is 2.22. The van der Waals surface area contributed by atoms with E-state index in [0.29, 0.717) is 16.3 Å². The average molecular weight is 523 g/mol. The largest absolute Gasteiger partial charge is 0.502 e. The Bertz CT molecular complexity index is 1410. The van der Waals surface area contributed by atoms with E-state index in [2.05, 4.69) is 10.6 Å². The van der Waals surface area contributed by atoms with Crippen molar-refractivity contribution in [2.75, 3.05) is 5.32 Å². The van der Waals surface area contributed by atoms with Gasteiger partial charge in [0.2, 0.25) is 0 Å². The molecule has 2 atom stereocenters. The van der Waals surface area contributed by atoms with Crippen LogP contribution in [-0.4, -0.2) is 5.11 Å². The Hall–Kier alpha value is -3.33. The van der Waals surface area contributed by atoms with Gasteiger partial charge < -0.3 is 10.4 Å². The van der Waals surface area contributed by atoms with E-state index >= 15 is 0 Å². The van der Waals surface area contributed by atoms with Crippen LogP contribution in [0.3, 0.4) is 0 Å². The van der Waals surface area contributed by atoms with Gasteiger partial charge in [0.05, 0.1) is 6.04 Å². The molecule has 0 spiro atoms. The molecule has 1 unspecified atom stereocenters. The lowest BCUT2D eigenvalue weighted by atomic mass is 9.96. The molecule has 0 aliphatic heterocycles. The van der Waals surface area contributed by atoms with E-state index in [4.69, 9.17) is 11.6 Å². The molecular formula is C25H19Cl2F3N2O3. The number of halogens is 5. The van der Waals surface area contributed by atoms with E-state index < -0.39 is 46.1 Å². The molecule has 3 N–H and O–H groups in total. The fourth-order valence-electron chi connectivity index (χ4n) is 3.65. The Morgan fingerprint density at radius 2 is 1.49 bits per heavy atom. The van der Waals surface area contributed by atoms with Crippen molar-refractivity contribution in [3.05, 3.63) is 120 Å². The number of hydrogen-bond donors (Lipinski definition) is 3. The van der Waals surface area contributed by atoms with E-state index in [9.17, 15) is 27.9 Å². The maximum Gasteiger partial charge on any atom is 0.271 e. The molecule has 0 amide bonds. The molecule has 10 heteroatoms. The number of nitrogens with one attached hydrogen (secondary N) is 2. The molecule has 0 aliphatic rings. The zero-order valence-electron chi connectivity index (χ0n) is 18.1. The Labute approximate surface area is 209 Å². The highest BCUT2D eigenvalue weighted by atomic mass is 35.5. The van der Waals surface area contributed by atoms with Crippen molar-refractivity contribution in [1.29, 1.82) is 0 Å². The summed E-state index contributed by atoms with van der Waals surface area (Å²) in [7, 11) is 0. The van der Waals surface area contributed by atoms with Gasteiger partial charge in [-0.1, -0.05) is 35.9 Å². The molecule has 5 nitrogen and oxygen atoms in total. The highest BCUT2D eigenvalue weighted by molar-refractivity contribution is 6.30. The van der Waals surface area contributed by atoms with Crippen LogP contribution in [0.5, 0.6) is 5.75 Å². The molecular weight excluding hydrogens is 504 g/mol. The lowest BCUT2D eigenvalue weighted by molar-refractivity contribution is 0.438. The van der Waals surface area contributed by atoms with Crippen molar-refractivity contribution in [3.8, 4) is 5.75 Å². The first-order valence-corrected chi connectivity index (χ1v) is 10.6. The van der Waals surface area contributed by atoms with Crippen LogP contribution >= 0.6 is 24.0 Å². The molecule has 35 heavy (non-hydrogen) atoms. The minimum atomic E-state index is -1.54. The van der Waals surface area contributed by atoms with Crippen molar-refractivity contribution >= 4 is 35.4 Å². The molecule has 0 saturated carbocycles. The van der Waals surface area contributed by atoms with E-state index in [1.165, 1.54) is 0 Å². The average Bonchev–Trinajstić information content (AvgIpc) is 2.84. The van der Waals surface area contributed by atoms with Gasteiger partial charge in [0.1, 0.15) is 5.69 Å². The molecule has 4 aromatic rings. The second kappa shape index (κ2) is 10.5. The summed E-state index contributed by atoms with van der Waals surface area (Å²) in [5.41, 5.74) is 0.152. The smallest absolute Gasteiger partial charge is 0.271 e. The van der Waals surface area contributed by atoms with Crippen molar-refractivity contribution in [2.24, 2.45) is 0 Å². The Kier molecular flexibility index (Phi) is 7.90. The molecule has 4 rings (SSSR count). The molecule has 0 aromatic heterocycles. The third kappa shape index (κ3) is 5.35. The summed E-state index contributed by atoms with van der Waals surface area (Å²) in [5, 5.41) is 16.2. The van der Waals surface area contributed by atoms with Gasteiger partial charge in [-0.15, -0.1) is 12.4 Å². The first-order chi connectivity index (χ1) is 16.2. The van der Waals surface area contributed by atoms with Crippen LogP contribution in [0.15, 0.2) is 70.3 Å². The molecule has 0 radical (unpaired) electrons. The fourth-order valence-corrected chi connectivity index (χ4v) is 3.77. The van der Waals surface area contributed by atoms with Gasteiger partial charge in [-0.2, -0.15) is 0 Å². The topological polar surface area (TPSA) is 78.4 Å². The Morgan fingerprint density at radius 1 is 0.857 bits per heavy atom. The van der Waals surface area contributed by atoms with Gasteiger partial charge in [0, 0.05) is 16.8 Å². The standard InChI is InChI=1S/C25H18ClF3N2O3.ClH/c1-12(15-10-18(27)20(29)19(28)11-15)30-21(13-5-7-16(26)8-6-13)14-3-2-4-17(9-14)31-22-23(32)25(34)24(22)33;/h2-12,21,30-32H,1H3;1H/t12-,21?;/m1./s1. The molecule has 0 aliphatic carbocycles. The second-order valence-corrected chi connectivity index (χ2v) is 8.24. The summed E-state index contributed by atoms with van der Waals surface area (Å²) in [6.45, 7) is 1.68. The predicted molar refractivity (Wildman–Crippen MR) is 131 cm³/mol. The van der Waals surface area contributed by atoms with Gasteiger partial charge in [-0.05, 0) is 60.0 Å². The minimum Gasteiger partial charge on any atom is -0.502 e. The lowest BCUT2D eigenvalue weighted by Gasteiger charge is -2.25. The predicted octanol–water partition coefficient (Wildman–Crippen LogP) is 5.66. The van der Waals surface area contributed by atoms with Crippen molar-refractivity contribution in [3.63, 3.8) is 0 Å². The van der Waals surface area contributed by atoms with Crippen LogP contribution < -0.4 is 21.5 Å². The minimum absolute atomic E-state index is 0. The highest BCUT2D eigenvalue weighted by Crippen LogP contribution is 2.31. The van der Waals surface area contributed by atoms with Crippen molar-refractivity contribution in [1.82, 2.24) is 5.32 Å². The quantitative estimate of drug-likeness (QED) is 0.215. The molecule has 0 saturated heterocycles. The van der Waals surface area contributed by atoms with Gasteiger partial charge in [0.25, 0.3) is 10.9 Å². The summed E-state index contributed by atoms with van der Waals surface area (Å²) in [5.74, 6) is -4.74. The van der Waals surface area contributed by atoms with Crippen LogP contribution in [0.2, 0.25) is 5.02 Å². The van der Waals surface area contributed by atoms with E-state index in [0.717, 1.165) is 17.7 Å². The Balaban J connectivity index is 0.00000342. The van der Waals surface area contributed by atoms with E-state index in [1.54, 1.807) is 55.5 Å². The van der Waals surface area contributed by atoms with Crippen LogP contribution in [0, 0.1) is 17.5 Å². The number of anilines is 2.